The summed E-state index contributed by atoms with van der Waals surface area (Å²) in [6, 6.07) is 20.8. The summed E-state index contributed by atoms with van der Waals surface area (Å²) in [4.78, 5) is 67.0. The molecule has 1 heterocycles. The largest absolute Gasteiger partial charge is 0.493 e. The molecule has 12 heteroatoms. The third-order valence-electron chi connectivity index (χ3n) is 10.6. The molecule has 1 saturated heterocycles. The van der Waals surface area contributed by atoms with Gasteiger partial charge in [-0.25, -0.2) is 9.69 Å². The van der Waals surface area contributed by atoms with Crippen molar-refractivity contribution in [3.05, 3.63) is 89.5 Å². The summed E-state index contributed by atoms with van der Waals surface area (Å²) in [6.07, 6.45) is 1.17. The van der Waals surface area contributed by atoms with E-state index in [0.717, 1.165) is 34.6 Å². The Bertz CT molecular complexity index is 1920. The van der Waals surface area contributed by atoms with Crippen molar-refractivity contribution in [2.45, 2.75) is 117 Å². The van der Waals surface area contributed by atoms with E-state index in [1.807, 2.05) is 12.1 Å². The predicted octanol–water partition coefficient (Wildman–Crippen LogP) is 8.79. The SMILES string of the molecule is CCC(C)(C)c1ccc(OCCCC(=O)Nc2cccc(NC(=O)C(Cl)(C(=O)C(C)(C)C)N3C(=O)C(OCc4ccccc4)N(C)C3=O)c2)c(C(C)(C)CC)c1. The van der Waals surface area contributed by atoms with Crippen molar-refractivity contribution in [2.24, 2.45) is 5.41 Å². The van der Waals surface area contributed by atoms with Gasteiger partial charge in [-0.1, -0.05) is 122 Å². The van der Waals surface area contributed by atoms with Crippen molar-refractivity contribution in [3.63, 3.8) is 0 Å². The zero-order valence-corrected chi connectivity index (χ0v) is 35.1. The van der Waals surface area contributed by atoms with E-state index in [0.29, 0.717) is 23.6 Å². The van der Waals surface area contributed by atoms with Crippen LogP contribution in [0.3, 0.4) is 0 Å². The normalized spacial score (nSPS) is 16.1. The third-order valence-corrected chi connectivity index (χ3v) is 11.1. The van der Waals surface area contributed by atoms with E-state index in [9.17, 15) is 24.0 Å². The Labute approximate surface area is 336 Å². The van der Waals surface area contributed by atoms with Crippen molar-refractivity contribution < 1.29 is 33.4 Å². The van der Waals surface area contributed by atoms with Gasteiger partial charge in [-0.3, -0.25) is 24.1 Å². The number of benzene rings is 3. The number of hydrogen-bond donors (Lipinski definition) is 2. The fourth-order valence-electron chi connectivity index (χ4n) is 6.17. The molecular formula is C44H57ClN4O7. The fraction of sp³-hybridized carbons (Fsp3) is 0.477. The fourth-order valence-corrected chi connectivity index (χ4v) is 6.66. The average Bonchev–Trinajstić information content (AvgIpc) is 3.37. The van der Waals surface area contributed by atoms with Gasteiger partial charge in [0.25, 0.3) is 16.8 Å². The zero-order chi connectivity index (χ0) is 41.6. The average molecular weight is 789 g/mol. The van der Waals surface area contributed by atoms with Gasteiger partial charge >= 0.3 is 6.03 Å². The molecule has 2 atom stereocenters. The van der Waals surface area contributed by atoms with Crippen LogP contribution < -0.4 is 15.4 Å². The topological polar surface area (TPSA) is 134 Å². The maximum atomic E-state index is 14.0. The van der Waals surface area contributed by atoms with E-state index in [1.54, 1.807) is 36.4 Å². The van der Waals surface area contributed by atoms with Gasteiger partial charge in [0.2, 0.25) is 12.1 Å². The van der Waals surface area contributed by atoms with Crippen LogP contribution in [0.1, 0.15) is 105 Å². The molecule has 5 amide bonds. The van der Waals surface area contributed by atoms with Crippen LogP contribution >= 0.6 is 11.6 Å². The summed E-state index contributed by atoms with van der Waals surface area (Å²) in [5, 5.41) is 5.43. The monoisotopic (exact) mass is 788 g/mol. The molecule has 302 valence electrons. The first-order valence-corrected chi connectivity index (χ1v) is 19.5. The molecule has 3 aromatic carbocycles. The molecule has 2 unspecified atom stereocenters. The molecule has 0 bridgehead atoms. The summed E-state index contributed by atoms with van der Waals surface area (Å²) in [5.74, 6) is -2.39. The molecule has 11 nitrogen and oxygen atoms in total. The van der Waals surface area contributed by atoms with Crippen LogP contribution in [0.25, 0.3) is 0 Å². The van der Waals surface area contributed by atoms with E-state index in [2.05, 4.69) is 64.3 Å². The minimum Gasteiger partial charge on any atom is -0.493 e. The number of likely N-dealkylation sites (N-methyl/N-ethyl adjacent to an activating group) is 1. The minimum atomic E-state index is -2.76. The number of ketones is 1. The first kappa shape index (κ1) is 44.0. The number of Topliss-reactive ketones (excluding diaryl/α,β-unsaturated/α-hetero) is 1. The van der Waals surface area contributed by atoms with Crippen molar-refractivity contribution in [1.82, 2.24) is 9.80 Å². The van der Waals surface area contributed by atoms with Crippen LogP contribution in [0, 0.1) is 5.41 Å². The molecule has 1 aliphatic rings. The quantitative estimate of drug-likeness (QED) is 0.0459. The first-order valence-electron chi connectivity index (χ1n) is 19.2. The number of halogens is 1. The van der Waals surface area contributed by atoms with E-state index in [4.69, 9.17) is 21.1 Å². The number of imide groups is 1. The molecule has 0 saturated carbocycles. The number of alkyl halides is 1. The number of rotatable bonds is 17. The van der Waals surface area contributed by atoms with Crippen LogP contribution in [0.2, 0.25) is 0 Å². The van der Waals surface area contributed by atoms with Gasteiger partial charge in [-0.15, -0.1) is 0 Å². The number of carbonyl (C=O) groups excluding carboxylic acids is 5. The van der Waals surface area contributed by atoms with E-state index in [1.165, 1.54) is 45.5 Å². The lowest BCUT2D eigenvalue weighted by Crippen LogP contribution is -2.63. The van der Waals surface area contributed by atoms with Crippen LogP contribution in [-0.2, 0) is 41.4 Å². The highest BCUT2D eigenvalue weighted by Gasteiger charge is 2.62. The molecule has 0 aromatic heterocycles. The van der Waals surface area contributed by atoms with Gasteiger partial charge in [0.1, 0.15) is 5.75 Å². The Balaban J connectivity index is 1.44. The third kappa shape index (κ3) is 9.79. The van der Waals surface area contributed by atoms with Crippen molar-refractivity contribution >= 4 is 52.5 Å². The molecule has 0 radical (unpaired) electrons. The summed E-state index contributed by atoms with van der Waals surface area (Å²) in [5.41, 5.74) is 2.42. The van der Waals surface area contributed by atoms with Gasteiger partial charge in [0.05, 0.1) is 13.2 Å². The van der Waals surface area contributed by atoms with Crippen molar-refractivity contribution in [1.29, 1.82) is 0 Å². The predicted molar refractivity (Wildman–Crippen MR) is 220 cm³/mol. The summed E-state index contributed by atoms with van der Waals surface area (Å²) in [6.45, 7) is 18.2. The highest BCUT2D eigenvalue weighted by Crippen LogP contribution is 2.39. The number of hydrogen-bond acceptors (Lipinski definition) is 7. The minimum absolute atomic E-state index is 0.00724. The lowest BCUT2D eigenvalue weighted by Gasteiger charge is -2.35. The maximum Gasteiger partial charge on any atom is 0.331 e. The highest BCUT2D eigenvalue weighted by molar-refractivity contribution is 6.50. The standard InChI is InChI=1S/C44H57ClN4O7/c1-11-42(6,7)30-23-24-34(33(26-30)43(8,9)12-2)55-25-17-22-35(50)46-31-20-16-21-32(27-31)47-39(53)44(45,38(52)41(3,4)5)49-36(51)37(48(10)40(49)54)56-28-29-18-14-13-15-19-29/h13-16,18-21,23-24,26-27,37H,11-12,17,22,25,28H2,1-10H3,(H,46,50)(H,47,53). The lowest BCUT2D eigenvalue weighted by molar-refractivity contribution is -0.152. The molecule has 4 rings (SSSR count). The van der Waals surface area contributed by atoms with Gasteiger partial charge in [0, 0.05) is 35.8 Å². The molecule has 3 aromatic rings. The number of nitrogens with zero attached hydrogens (tertiary/aromatic N) is 2. The lowest BCUT2D eigenvalue weighted by atomic mass is 9.76. The molecule has 1 aliphatic heterocycles. The Morgan fingerprint density at radius 2 is 1.43 bits per heavy atom. The van der Waals surface area contributed by atoms with E-state index in [-0.39, 0.29) is 35.5 Å². The second-order valence-electron chi connectivity index (χ2n) is 16.6. The summed E-state index contributed by atoms with van der Waals surface area (Å²) < 4.78 is 12.0. The molecule has 0 aliphatic carbocycles. The molecule has 56 heavy (non-hydrogen) atoms. The van der Waals surface area contributed by atoms with E-state index < -0.39 is 40.3 Å². The molecule has 1 fully saturated rings. The van der Waals surface area contributed by atoms with Gasteiger partial charge < -0.3 is 20.1 Å². The molecular weight excluding hydrogens is 732 g/mol. The summed E-state index contributed by atoms with van der Waals surface area (Å²) in [7, 11) is 1.33. The van der Waals surface area contributed by atoms with Crippen LogP contribution in [0.15, 0.2) is 72.8 Å². The van der Waals surface area contributed by atoms with Gasteiger partial charge in [0.15, 0.2) is 5.78 Å². The van der Waals surface area contributed by atoms with Crippen molar-refractivity contribution in [3.8, 4) is 5.75 Å². The number of ether oxygens (including phenoxy) is 2. The maximum absolute atomic E-state index is 14.0. The van der Waals surface area contributed by atoms with Crippen LogP contribution in [0.4, 0.5) is 16.2 Å². The van der Waals surface area contributed by atoms with Crippen molar-refractivity contribution in [2.75, 3.05) is 24.3 Å². The van der Waals surface area contributed by atoms with E-state index >= 15 is 0 Å². The van der Waals surface area contributed by atoms with Crippen LogP contribution in [0.5, 0.6) is 5.75 Å². The van der Waals surface area contributed by atoms with Crippen LogP contribution in [-0.4, -0.2) is 64.2 Å². The number of amides is 5. The first-order chi connectivity index (χ1) is 26.2. The Morgan fingerprint density at radius 1 is 0.804 bits per heavy atom. The number of nitrogens with one attached hydrogen (secondary N) is 2. The molecule has 2 N–H and O–H groups in total. The Hall–Kier alpha value is -4.74. The van der Waals surface area contributed by atoms with Gasteiger partial charge in [-0.05, 0) is 65.5 Å². The van der Waals surface area contributed by atoms with Gasteiger partial charge in [-0.2, -0.15) is 0 Å². The number of anilines is 2. The second kappa shape index (κ2) is 17.6. The zero-order valence-electron chi connectivity index (χ0n) is 34.4. The second-order valence-corrected chi connectivity index (χ2v) is 17.2. The highest BCUT2D eigenvalue weighted by atomic mass is 35.5. The Morgan fingerprint density at radius 3 is 2.04 bits per heavy atom. The number of carbonyl (C=O) groups is 5. The summed E-state index contributed by atoms with van der Waals surface area (Å²) >= 11 is 6.89. The molecule has 0 spiro atoms. The number of urea groups is 1. The Kier molecular flexibility index (Phi) is 13.8. The smallest absolute Gasteiger partial charge is 0.331 e.